The topological polar surface area (TPSA) is 72.2 Å². The van der Waals surface area contributed by atoms with Crippen molar-refractivity contribution in [2.45, 2.75) is 4.90 Å². The van der Waals surface area contributed by atoms with Gasteiger partial charge in [-0.05, 0) is 46.3 Å². The van der Waals surface area contributed by atoms with Gasteiger partial charge in [0.2, 0.25) is 0 Å². The molecule has 0 fully saturated rings. The molecule has 2 aromatic rings. The molecule has 0 aliphatic rings. The van der Waals surface area contributed by atoms with Crippen molar-refractivity contribution in [3.63, 3.8) is 0 Å². The number of anilines is 2. The first kappa shape index (κ1) is 15.4. The van der Waals surface area contributed by atoms with Crippen LogP contribution in [0.4, 0.5) is 11.4 Å². The van der Waals surface area contributed by atoms with Crippen LogP contribution in [0.3, 0.4) is 0 Å². The summed E-state index contributed by atoms with van der Waals surface area (Å²) in [5.41, 5.74) is 6.07. The molecule has 106 valence electrons. The van der Waals surface area contributed by atoms with Crippen molar-refractivity contribution in [2.24, 2.45) is 0 Å². The summed E-state index contributed by atoms with van der Waals surface area (Å²) >= 11 is 15.1. The van der Waals surface area contributed by atoms with Gasteiger partial charge in [-0.1, -0.05) is 29.3 Å². The number of nitrogens with one attached hydrogen (secondary N) is 1. The average Bonchev–Trinajstić information content (AvgIpc) is 2.37. The molecule has 0 aliphatic carbocycles. The van der Waals surface area contributed by atoms with Crippen LogP contribution in [0.2, 0.25) is 10.0 Å². The van der Waals surface area contributed by atoms with Crippen LogP contribution in [-0.2, 0) is 10.0 Å². The molecule has 0 bridgehead atoms. The second kappa shape index (κ2) is 5.81. The third-order valence-corrected chi connectivity index (χ3v) is 5.42. The quantitative estimate of drug-likeness (QED) is 0.767. The summed E-state index contributed by atoms with van der Waals surface area (Å²) in [4.78, 5) is 0.00786. The summed E-state index contributed by atoms with van der Waals surface area (Å²) in [6.07, 6.45) is 0. The fourth-order valence-corrected chi connectivity index (χ4v) is 4.22. The first-order chi connectivity index (χ1) is 9.31. The predicted octanol–water partition coefficient (Wildman–Crippen LogP) is 4.14. The van der Waals surface area contributed by atoms with E-state index in [0.717, 1.165) is 0 Å². The fraction of sp³-hybridized carbons (Fsp3) is 0. The number of nitrogen functional groups attached to an aromatic ring is 1. The van der Waals surface area contributed by atoms with Crippen LogP contribution in [0.15, 0.2) is 45.8 Å². The summed E-state index contributed by atoms with van der Waals surface area (Å²) in [6.45, 7) is 0. The standard InChI is InChI=1S/C12H9BrCl2N2O2S/c13-8-5-4-7(16)6-11(8)20(18,19)17-12-9(14)2-1-3-10(12)15/h1-6,17H,16H2. The van der Waals surface area contributed by atoms with Gasteiger partial charge in [-0.2, -0.15) is 0 Å². The molecule has 0 spiro atoms. The van der Waals surface area contributed by atoms with E-state index < -0.39 is 10.0 Å². The van der Waals surface area contributed by atoms with E-state index in [2.05, 4.69) is 20.7 Å². The number of halogens is 3. The van der Waals surface area contributed by atoms with E-state index in [1.165, 1.54) is 6.07 Å². The summed E-state index contributed by atoms with van der Waals surface area (Å²) in [5.74, 6) is 0. The monoisotopic (exact) mass is 394 g/mol. The zero-order valence-corrected chi connectivity index (χ0v) is 13.8. The Morgan fingerprint density at radius 2 is 1.70 bits per heavy atom. The Bertz CT molecular complexity index is 746. The van der Waals surface area contributed by atoms with Gasteiger partial charge in [-0.25, -0.2) is 8.42 Å². The Hall–Kier alpha value is -0.950. The molecule has 0 saturated carbocycles. The molecule has 0 unspecified atom stereocenters. The Kier molecular flexibility index (Phi) is 4.49. The van der Waals surface area contributed by atoms with Crippen molar-refractivity contribution in [3.05, 3.63) is 50.9 Å². The SMILES string of the molecule is Nc1ccc(Br)c(S(=O)(=O)Nc2c(Cl)cccc2Cl)c1. The maximum absolute atomic E-state index is 12.4. The lowest BCUT2D eigenvalue weighted by Crippen LogP contribution is -2.14. The number of rotatable bonds is 3. The second-order valence-electron chi connectivity index (χ2n) is 3.89. The van der Waals surface area contributed by atoms with Crippen LogP contribution >= 0.6 is 39.1 Å². The zero-order valence-electron chi connectivity index (χ0n) is 9.90. The molecule has 2 aromatic carbocycles. The van der Waals surface area contributed by atoms with Crippen molar-refractivity contribution in [3.8, 4) is 0 Å². The van der Waals surface area contributed by atoms with Gasteiger partial charge in [0.1, 0.15) is 4.90 Å². The van der Waals surface area contributed by atoms with E-state index in [0.29, 0.717) is 10.2 Å². The van der Waals surface area contributed by atoms with E-state index in [-0.39, 0.29) is 20.6 Å². The number of benzene rings is 2. The van der Waals surface area contributed by atoms with Crippen molar-refractivity contribution in [1.82, 2.24) is 0 Å². The molecule has 0 saturated heterocycles. The van der Waals surface area contributed by atoms with Crippen LogP contribution in [0.5, 0.6) is 0 Å². The van der Waals surface area contributed by atoms with E-state index in [4.69, 9.17) is 28.9 Å². The Labute approximate surface area is 135 Å². The van der Waals surface area contributed by atoms with Crippen molar-refractivity contribution in [1.29, 1.82) is 0 Å². The lowest BCUT2D eigenvalue weighted by atomic mass is 10.3. The largest absolute Gasteiger partial charge is 0.399 e. The lowest BCUT2D eigenvalue weighted by Gasteiger charge is -2.12. The van der Waals surface area contributed by atoms with Crippen molar-refractivity contribution < 1.29 is 8.42 Å². The van der Waals surface area contributed by atoms with Gasteiger partial charge in [-0.3, -0.25) is 4.72 Å². The third kappa shape index (κ3) is 3.20. The molecule has 0 amide bonds. The summed E-state index contributed by atoms with van der Waals surface area (Å²) in [5, 5.41) is 0.419. The summed E-state index contributed by atoms with van der Waals surface area (Å²) < 4.78 is 27.5. The van der Waals surface area contributed by atoms with Gasteiger partial charge in [0.05, 0.1) is 15.7 Å². The van der Waals surface area contributed by atoms with Crippen LogP contribution < -0.4 is 10.5 Å². The number of sulfonamides is 1. The molecule has 20 heavy (non-hydrogen) atoms. The number of hydrogen-bond donors (Lipinski definition) is 2. The minimum Gasteiger partial charge on any atom is -0.399 e. The van der Waals surface area contributed by atoms with Crippen molar-refractivity contribution in [2.75, 3.05) is 10.5 Å². The maximum atomic E-state index is 12.4. The second-order valence-corrected chi connectivity index (χ2v) is 7.21. The molecular weight excluding hydrogens is 387 g/mol. The Morgan fingerprint density at radius 1 is 1.10 bits per heavy atom. The van der Waals surface area contributed by atoms with Crippen LogP contribution in [0, 0.1) is 0 Å². The van der Waals surface area contributed by atoms with E-state index in [1.54, 1.807) is 30.3 Å². The lowest BCUT2D eigenvalue weighted by molar-refractivity contribution is 0.601. The van der Waals surface area contributed by atoms with E-state index in [1.807, 2.05) is 0 Å². The third-order valence-electron chi connectivity index (χ3n) is 2.44. The first-order valence-corrected chi connectivity index (χ1v) is 8.36. The Balaban J connectivity index is 2.49. The minimum absolute atomic E-state index is 0.00786. The zero-order chi connectivity index (χ0) is 14.9. The van der Waals surface area contributed by atoms with Gasteiger partial charge in [0, 0.05) is 10.2 Å². The molecule has 0 atom stereocenters. The van der Waals surface area contributed by atoms with Gasteiger partial charge in [0.15, 0.2) is 0 Å². The molecule has 2 rings (SSSR count). The molecule has 0 aromatic heterocycles. The molecule has 3 N–H and O–H groups in total. The Morgan fingerprint density at radius 3 is 2.30 bits per heavy atom. The van der Waals surface area contributed by atoms with Gasteiger partial charge in [0.25, 0.3) is 10.0 Å². The fourth-order valence-electron chi connectivity index (χ4n) is 1.51. The highest BCUT2D eigenvalue weighted by atomic mass is 79.9. The molecule has 0 aliphatic heterocycles. The van der Waals surface area contributed by atoms with E-state index >= 15 is 0 Å². The first-order valence-electron chi connectivity index (χ1n) is 5.33. The smallest absolute Gasteiger partial charge is 0.263 e. The minimum atomic E-state index is -3.86. The van der Waals surface area contributed by atoms with Gasteiger partial charge >= 0.3 is 0 Å². The number of nitrogens with two attached hydrogens (primary N) is 1. The highest BCUT2D eigenvalue weighted by molar-refractivity contribution is 9.10. The average molecular weight is 396 g/mol. The maximum Gasteiger partial charge on any atom is 0.263 e. The normalized spacial score (nSPS) is 11.3. The van der Waals surface area contributed by atoms with Crippen LogP contribution in [0.25, 0.3) is 0 Å². The summed E-state index contributed by atoms with van der Waals surface area (Å²) in [7, 11) is -3.86. The van der Waals surface area contributed by atoms with Gasteiger partial charge < -0.3 is 5.73 Å². The molecule has 8 heteroatoms. The molecule has 0 radical (unpaired) electrons. The number of para-hydroxylation sites is 1. The van der Waals surface area contributed by atoms with Crippen LogP contribution in [0.1, 0.15) is 0 Å². The predicted molar refractivity (Wildman–Crippen MR) is 85.8 cm³/mol. The number of hydrogen-bond acceptors (Lipinski definition) is 3. The molecule has 4 nitrogen and oxygen atoms in total. The summed E-state index contributed by atoms with van der Waals surface area (Å²) in [6, 6.07) is 9.19. The molecular formula is C12H9BrCl2N2O2S. The highest BCUT2D eigenvalue weighted by Crippen LogP contribution is 2.33. The highest BCUT2D eigenvalue weighted by Gasteiger charge is 2.20. The molecule has 0 heterocycles. The van der Waals surface area contributed by atoms with Gasteiger partial charge in [-0.15, -0.1) is 0 Å². The van der Waals surface area contributed by atoms with E-state index in [9.17, 15) is 8.42 Å². The van der Waals surface area contributed by atoms with Crippen molar-refractivity contribution >= 4 is 60.5 Å². The van der Waals surface area contributed by atoms with Crippen LogP contribution in [-0.4, -0.2) is 8.42 Å².